The summed E-state index contributed by atoms with van der Waals surface area (Å²) in [5.41, 5.74) is 0.684. The van der Waals surface area contributed by atoms with Crippen LogP contribution in [-0.2, 0) is 17.4 Å². The van der Waals surface area contributed by atoms with E-state index in [2.05, 4.69) is 0 Å². The number of carboxylic acids is 1. The van der Waals surface area contributed by atoms with E-state index in [0.717, 1.165) is 5.39 Å². The molecular weight excluding hydrogens is 312 g/mol. The van der Waals surface area contributed by atoms with Crippen molar-refractivity contribution in [3.63, 3.8) is 0 Å². The average Bonchev–Trinajstić information content (AvgIpc) is 2.59. The van der Waals surface area contributed by atoms with Crippen molar-refractivity contribution in [2.75, 3.05) is 0 Å². The summed E-state index contributed by atoms with van der Waals surface area (Å²) in [5.74, 6) is -1.06. The fourth-order valence-electron chi connectivity index (χ4n) is 2.57. The Labute approximate surface area is 135 Å². The maximum absolute atomic E-state index is 13.0. The van der Waals surface area contributed by atoms with Gasteiger partial charge in [-0.2, -0.15) is 0 Å². The van der Waals surface area contributed by atoms with Crippen LogP contribution >= 0.6 is 0 Å². The van der Waals surface area contributed by atoms with Crippen molar-refractivity contribution in [1.29, 1.82) is 0 Å². The zero-order valence-electron chi connectivity index (χ0n) is 12.1. The lowest BCUT2D eigenvalue weighted by atomic mass is 10.0. The van der Waals surface area contributed by atoms with Gasteiger partial charge in [0.05, 0.1) is 27.9 Å². The predicted octanol–water partition coefficient (Wildman–Crippen LogP) is 3.20. The molecule has 5 heteroatoms. The highest BCUT2D eigenvalue weighted by Crippen LogP contribution is 2.29. The van der Waals surface area contributed by atoms with Crippen molar-refractivity contribution < 1.29 is 19.2 Å². The highest BCUT2D eigenvalue weighted by molar-refractivity contribution is 7.85. The zero-order chi connectivity index (χ0) is 16.4. The average molecular weight is 326 g/mol. The van der Waals surface area contributed by atoms with E-state index in [1.165, 1.54) is 6.07 Å². The van der Waals surface area contributed by atoms with E-state index >= 15 is 0 Å². The van der Waals surface area contributed by atoms with Crippen molar-refractivity contribution >= 4 is 27.5 Å². The monoisotopic (exact) mass is 326 g/mol. The minimum absolute atomic E-state index is 0.118. The van der Waals surface area contributed by atoms with Crippen molar-refractivity contribution in [3.8, 4) is 0 Å². The van der Waals surface area contributed by atoms with Crippen LogP contribution in [0.2, 0.25) is 0 Å². The molecule has 0 aliphatic heterocycles. The molecule has 0 aromatic heterocycles. The highest BCUT2D eigenvalue weighted by Gasteiger charge is 2.18. The van der Waals surface area contributed by atoms with E-state index < -0.39 is 16.8 Å². The number of rotatable bonds is 4. The molecule has 0 heterocycles. The Kier molecular flexibility index (Phi) is 4.23. The number of hydrogen-bond acceptors (Lipinski definition) is 3. The lowest BCUT2D eigenvalue weighted by molar-refractivity contribution is 0.0699. The summed E-state index contributed by atoms with van der Waals surface area (Å²) in [5, 5.41) is 20.0. The number of aromatic carboxylic acids is 1. The molecule has 0 saturated carbocycles. The van der Waals surface area contributed by atoms with Crippen molar-refractivity contribution in [2.45, 2.75) is 16.4 Å². The van der Waals surface area contributed by atoms with Gasteiger partial charge in [0, 0.05) is 10.3 Å². The van der Waals surface area contributed by atoms with Crippen LogP contribution < -0.4 is 0 Å². The summed E-state index contributed by atoms with van der Waals surface area (Å²) in [6, 6.07) is 17.1. The summed E-state index contributed by atoms with van der Waals surface area (Å²) in [6.07, 6.45) is 0. The molecule has 0 amide bonds. The Morgan fingerprint density at radius 2 is 1.57 bits per heavy atom. The molecule has 1 atom stereocenters. The van der Waals surface area contributed by atoms with Crippen LogP contribution in [0.15, 0.2) is 70.5 Å². The largest absolute Gasteiger partial charge is 0.478 e. The molecule has 0 aliphatic carbocycles. The quantitative estimate of drug-likeness (QED) is 0.772. The third-order valence-corrected chi connectivity index (χ3v) is 5.18. The number of benzene rings is 3. The van der Waals surface area contributed by atoms with E-state index in [-0.39, 0.29) is 12.2 Å². The third kappa shape index (κ3) is 2.76. The maximum Gasteiger partial charge on any atom is 0.336 e. The Hall–Kier alpha value is -2.50. The summed E-state index contributed by atoms with van der Waals surface area (Å²) < 4.78 is 13.0. The van der Waals surface area contributed by atoms with Gasteiger partial charge >= 0.3 is 5.97 Å². The van der Waals surface area contributed by atoms with E-state index in [4.69, 9.17) is 0 Å². The van der Waals surface area contributed by atoms with Crippen LogP contribution in [0.4, 0.5) is 0 Å². The van der Waals surface area contributed by atoms with Crippen LogP contribution in [0, 0.1) is 0 Å². The first-order valence-electron chi connectivity index (χ1n) is 6.99. The molecule has 0 unspecified atom stereocenters. The summed E-state index contributed by atoms with van der Waals surface area (Å²) in [6.45, 7) is -0.224. The molecule has 116 valence electrons. The van der Waals surface area contributed by atoms with Gasteiger partial charge in [-0.25, -0.2) is 9.00 Å². The summed E-state index contributed by atoms with van der Waals surface area (Å²) >= 11 is 0. The SMILES string of the molecule is O=C(O)c1cccc2cccc([S@](=O)c3ccccc3CO)c12. The van der Waals surface area contributed by atoms with E-state index in [0.29, 0.717) is 20.7 Å². The van der Waals surface area contributed by atoms with Crippen LogP contribution in [0.5, 0.6) is 0 Å². The van der Waals surface area contributed by atoms with Gasteiger partial charge < -0.3 is 10.2 Å². The fraction of sp³-hybridized carbons (Fsp3) is 0.0556. The summed E-state index contributed by atoms with van der Waals surface area (Å²) in [4.78, 5) is 12.4. The van der Waals surface area contributed by atoms with Gasteiger partial charge in [0.1, 0.15) is 0 Å². The first-order valence-corrected chi connectivity index (χ1v) is 8.14. The molecule has 2 N–H and O–H groups in total. The Morgan fingerprint density at radius 3 is 2.26 bits per heavy atom. The molecule has 0 radical (unpaired) electrons. The van der Waals surface area contributed by atoms with Crippen LogP contribution in [0.25, 0.3) is 10.8 Å². The number of fused-ring (bicyclic) bond motifs is 1. The second-order valence-electron chi connectivity index (χ2n) is 5.00. The molecule has 4 nitrogen and oxygen atoms in total. The van der Waals surface area contributed by atoms with Crippen LogP contribution in [0.3, 0.4) is 0 Å². The maximum atomic E-state index is 13.0. The van der Waals surface area contributed by atoms with Gasteiger partial charge in [0.2, 0.25) is 0 Å². The van der Waals surface area contributed by atoms with Crippen molar-refractivity contribution in [3.05, 3.63) is 71.8 Å². The zero-order valence-corrected chi connectivity index (χ0v) is 12.9. The topological polar surface area (TPSA) is 74.6 Å². The Morgan fingerprint density at radius 1 is 0.913 bits per heavy atom. The van der Waals surface area contributed by atoms with Gasteiger partial charge in [-0.3, -0.25) is 0 Å². The first-order chi connectivity index (χ1) is 11.1. The highest BCUT2D eigenvalue weighted by atomic mass is 32.2. The van der Waals surface area contributed by atoms with Crippen LogP contribution in [0.1, 0.15) is 15.9 Å². The number of carboxylic acid groups (broad SMARTS) is 1. The summed E-state index contributed by atoms with van der Waals surface area (Å²) in [7, 11) is -1.58. The van der Waals surface area contributed by atoms with E-state index in [1.54, 1.807) is 54.6 Å². The number of aliphatic hydroxyl groups excluding tert-OH is 1. The predicted molar refractivity (Wildman–Crippen MR) is 87.9 cm³/mol. The lowest BCUT2D eigenvalue weighted by Crippen LogP contribution is -2.03. The number of carbonyl (C=O) groups is 1. The van der Waals surface area contributed by atoms with Gasteiger partial charge in [-0.1, -0.05) is 42.5 Å². The standard InChI is InChI=1S/C18H14O4S/c19-11-13-5-1-2-9-15(13)23(22)16-10-4-7-12-6-3-8-14(17(12)16)18(20)21/h1-10,19H,11H2,(H,20,21)/t23-/m1/s1. The van der Waals surface area contributed by atoms with Gasteiger partial charge in [-0.05, 0) is 29.1 Å². The molecule has 3 aromatic carbocycles. The second kappa shape index (κ2) is 6.32. The molecule has 0 bridgehead atoms. The van der Waals surface area contributed by atoms with Crippen LogP contribution in [-0.4, -0.2) is 20.4 Å². The minimum atomic E-state index is -1.58. The normalized spacial score (nSPS) is 12.2. The molecule has 3 rings (SSSR count). The first kappa shape index (κ1) is 15.4. The van der Waals surface area contributed by atoms with Gasteiger partial charge in [-0.15, -0.1) is 0 Å². The van der Waals surface area contributed by atoms with Crippen molar-refractivity contribution in [2.24, 2.45) is 0 Å². The van der Waals surface area contributed by atoms with Crippen molar-refractivity contribution in [1.82, 2.24) is 0 Å². The smallest absolute Gasteiger partial charge is 0.336 e. The number of hydrogen-bond donors (Lipinski definition) is 2. The third-order valence-electron chi connectivity index (χ3n) is 3.64. The second-order valence-corrected chi connectivity index (χ2v) is 6.42. The van der Waals surface area contributed by atoms with E-state index in [9.17, 15) is 19.2 Å². The fourth-order valence-corrected chi connectivity index (χ4v) is 4.00. The Bertz CT molecular complexity index is 913. The Balaban J connectivity index is 2.28. The molecular formula is C18H14O4S. The molecule has 0 aliphatic rings. The molecule has 0 fully saturated rings. The molecule has 3 aromatic rings. The molecule has 0 spiro atoms. The number of aliphatic hydroxyl groups is 1. The van der Waals surface area contributed by atoms with Gasteiger partial charge in [0.25, 0.3) is 0 Å². The lowest BCUT2D eigenvalue weighted by Gasteiger charge is -2.11. The minimum Gasteiger partial charge on any atom is -0.478 e. The molecule has 23 heavy (non-hydrogen) atoms. The van der Waals surface area contributed by atoms with Gasteiger partial charge in [0.15, 0.2) is 0 Å². The molecule has 0 saturated heterocycles. The van der Waals surface area contributed by atoms with E-state index in [1.807, 2.05) is 0 Å².